The fraction of sp³-hybridized carbons (Fsp3) is 0.462. The molecular weight excluding hydrogens is 296 g/mol. The maximum absolute atomic E-state index is 12.6. The number of thiocarbonyl (C=S) groups is 1. The second-order valence-corrected chi connectivity index (χ2v) is 7.08. The minimum atomic E-state index is -3.56. The molecule has 0 fully saturated rings. The summed E-state index contributed by atoms with van der Waals surface area (Å²) >= 11 is 4.89. The van der Waals surface area contributed by atoms with Crippen molar-refractivity contribution in [1.29, 1.82) is 0 Å². The number of likely N-dealkylation sites (N-methyl/N-ethyl adjacent to an activating group) is 1. The normalized spacial score (nSPS) is 13.4. The second-order valence-electron chi connectivity index (χ2n) is 4.67. The van der Waals surface area contributed by atoms with Crippen LogP contribution in [0.15, 0.2) is 23.1 Å². The van der Waals surface area contributed by atoms with Crippen molar-refractivity contribution in [2.45, 2.75) is 24.8 Å². The third-order valence-corrected chi connectivity index (χ3v) is 5.51. The number of nitrogens with zero attached hydrogens (tertiary/aromatic N) is 1. The Bertz CT molecular complexity index is 600. The first-order valence-electron chi connectivity index (χ1n) is 6.09. The molecule has 0 bridgehead atoms. The van der Waals surface area contributed by atoms with Crippen LogP contribution in [0, 0.1) is 6.92 Å². The summed E-state index contributed by atoms with van der Waals surface area (Å²) in [5.74, 6) is 0. The zero-order valence-corrected chi connectivity index (χ0v) is 13.7. The van der Waals surface area contributed by atoms with Crippen LogP contribution in [0.4, 0.5) is 0 Å². The molecule has 0 saturated carbocycles. The van der Waals surface area contributed by atoms with Crippen molar-refractivity contribution < 1.29 is 13.2 Å². The SMILES string of the molecule is COCC(C)N(C)S(=O)(=O)c1ccc(C(N)=S)cc1C. The van der Waals surface area contributed by atoms with E-state index in [9.17, 15) is 8.42 Å². The summed E-state index contributed by atoms with van der Waals surface area (Å²) in [7, 11) is -0.482. The van der Waals surface area contributed by atoms with E-state index in [-0.39, 0.29) is 15.9 Å². The zero-order valence-electron chi connectivity index (χ0n) is 12.1. The van der Waals surface area contributed by atoms with Gasteiger partial charge in [0.1, 0.15) is 4.99 Å². The number of hydrogen-bond acceptors (Lipinski definition) is 4. The van der Waals surface area contributed by atoms with E-state index >= 15 is 0 Å². The van der Waals surface area contributed by atoms with Crippen molar-refractivity contribution in [3.63, 3.8) is 0 Å². The van der Waals surface area contributed by atoms with E-state index in [1.165, 1.54) is 10.4 Å². The fourth-order valence-electron chi connectivity index (χ4n) is 1.83. The first kappa shape index (κ1) is 17.0. The summed E-state index contributed by atoms with van der Waals surface area (Å²) < 4.78 is 31.4. The summed E-state index contributed by atoms with van der Waals surface area (Å²) in [6, 6.07) is 4.59. The molecule has 5 nitrogen and oxygen atoms in total. The Kier molecular flexibility index (Phi) is 5.64. The first-order valence-corrected chi connectivity index (χ1v) is 7.94. The van der Waals surface area contributed by atoms with Gasteiger partial charge in [0.15, 0.2) is 0 Å². The second kappa shape index (κ2) is 6.62. The average molecular weight is 316 g/mol. The van der Waals surface area contributed by atoms with E-state index < -0.39 is 10.0 Å². The molecule has 0 aliphatic carbocycles. The van der Waals surface area contributed by atoms with Crippen LogP contribution in [0.1, 0.15) is 18.1 Å². The van der Waals surface area contributed by atoms with Gasteiger partial charge in [-0.2, -0.15) is 4.31 Å². The Morgan fingerprint density at radius 1 is 1.50 bits per heavy atom. The number of aryl methyl sites for hydroxylation is 1. The topological polar surface area (TPSA) is 72.6 Å². The molecule has 1 aromatic carbocycles. The molecule has 112 valence electrons. The third-order valence-electron chi connectivity index (χ3n) is 3.15. The van der Waals surface area contributed by atoms with Gasteiger partial charge in [0, 0.05) is 25.8 Å². The molecule has 0 saturated heterocycles. The minimum Gasteiger partial charge on any atom is -0.389 e. The maximum Gasteiger partial charge on any atom is 0.243 e. The minimum absolute atomic E-state index is 0.248. The predicted octanol–water partition coefficient (Wildman–Crippen LogP) is 1.28. The van der Waals surface area contributed by atoms with Gasteiger partial charge in [-0.1, -0.05) is 18.3 Å². The summed E-state index contributed by atoms with van der Waals surface area (Å²) in [5.41, 5.74) is 6.82. The van der Waals surface area contributed by atoms with Gasteiger partial charge in [-0.05, 0) is 31.5 Å². The Hall–Kier alpha value is -1.02. The molecule has 0 amide bonds. The molecule has 1 unspecified atom stereocenters. The van der Waals surface area contributed by atoms with Crippen molar-refractivity contribution in [2.24, 2.45) is 5.73 Å². The average Bonchev–Trinajstić information content (AvgIpc) is 2.37. The molecule has 0 spiro atoms. The van der Waals surface area contributed by atoms with Crippen molar-refractivity contribution in [3.8, 4) is 0 Å². The molecule has 0 aliphatic heterocycles. The third kappa shape index (κ3) is 3.54. The maximum atomic E-state index is 12.6. The van der Waals surface area contributed by atoms with Crippen LogP contribution in [-0.4, -0.2) is 44.5 Å². The Morgan fingerprint density at radius 2 is 2.10 bits per heavy atom. The lowest BCUT2D eigenvalue weighted by Gasteiger charge is -2.24. The van der Waals surface area contributed by atoms with Crippen LogP contribution < -0.4 is 5.73 Å². The van der Waals surface area contributed by atoms with Crippen LogP contribution in [0.3, 0.4) is 0 Å². The van der Waals surface area contributed by atoms with Crippen LogP contribution >= 0.6 is 12.2 Å². The van der Waals surface area contributed by atoms with E-state index in [4.69, 9.17) is 22.7 Å². The van der Waals surface area contributed by atoms with Crippen LogP contribution in [0.25, 0.3) is 0 Å². The number of methoxy groups -OCH3 is 1. The molecule has 20 heavy (non-hydrogen) atoms. The van der Waals surface area contributed by atoms with Gasteiger partial charge < -0.3 is 10.5 Å². The van der Waals surface area contributed by atoms with E-state index in [0.717, 1.165) is 0 Å². The van der Waals surface area contributed by atoms with Crippen molar-refractivity contribution in [2.75, 3.05) is 20.8 Å². The van der Waals surface area contributed by atoms with E-state index in [0.29, 0.717) is 17.7 Å². The standard InChI is InChI=1S/C13H20N2O3S2/c1-9-7-11(13(14)19)5-6-12(9)20(16,17)15(3)10(2)8-18-4/h5-7,10H,8H2,1-4H3,(H2,14,19). The number of benzene rings is 1. The van der Waals surface area contributed by atoms with Gasteiger partial charge in [-0.3, -0.25) is 0 Å². The molecule has 1 aromatic rings. The molecule has 2 N–H and O–H groups in total. The summed E-state index contributed by atoms with van der Waals surface area (Å²) in [5, 5.41) is 0. The Labute approximate surface area is 125 Å². The van der Waals surface area contributed by atoms with Crippen molar-refractivity contribution >= 4 is 27.2 Å². The molecule has 0 aromatic heterocycles. The van der Waals surface area contributed by atoms with Gasteiger partial charge in [0.05, 0.1) is 11.5 Å². The number of sulfonamides is 1. The van der Waals surface area contributed by atoms with Gasteiger partial charge in [0.25, 0.3) is 0 Å². The number of rotatable bonds is 6. The predicted molar refractivity (Wildman–Crippen MR) is 83.4 cm³/mol. The lowest BCUT2D eigenvalue weighted by Crippen LogP contribution is -2.38. The smallest absolute Gasteiger partial charge is 0.243 e. The van der Waals surface area contributed by atoms with Crippen LogP contribution in [0.5, 0.6) is 0 Å². The molecule has 0 radical (unpaired) electrons. The Morgan fingerprint density at radius 3 is 2.55 bits per heavy atom. The largest absolute Gasteiger partial charge is 0.389 e. The number of ether oxygens (including phenoxy) is 1. The van der Waals surface area contributed by atoms with Crippen molar-refractivity contribution in [1.82, 2.24) is 4.31 Å². The quantitative estimate of drug-likeness (QED) is 0.801. The van der Waals surface area contributed by atoms with Crippen molar-refractivity contribution in [3.05, 3.63) is 29.3 Å². The molecule has 0 aliphatic rings. The van der Waals surface area contributed by atoms with E-state index in [1.54, 1.807) is 40.1 Å². The van der Waals surface area contributed by atoms with Crippen LogP contribution in [-0.2, 0) is 14.8 Å². The molecule has 0 heterocycles. The highest BCUT2D eigenvalue weighted by molar-refractivity contribution is 7.89. The fourth-order valence-corrected chi connectivity index (χ4v) is 3.51. The highest BCUT2D eigenvalue weighted by Crippen LogP contribution is 2.21. The van der Waals surface area contributed by atoms with Crippen LogP contribution in [0.2, 0.25) is 0 Å². The zero-order chi connectivity index (χ0) is 15.5. The highest BCUT2D eigenvalue weighted by Gasteiger charge is 2.26. The Balaban J connectivity index is 3.19. The van der Waals surface area contributed by atoms with Gasteiger partial charge >= 0.3 is 0 Å². The van der Waals surface area contributed by atoms with Gasteiger partial charge in [0.2, 0.25) is 10.0 Å². The monoisotopic (exact) mass is 316 g/mol. The highest BCUT2D eigenvalue weighted by atomic mass is 32.2. The first-order chi connectivity index (χ1) is 9.21. The van der Waals surface area contributed by atoms with Gasteiger partial charge in [-0.15, -0.1) is 0 Å². The van der Waals surface area contributed by atoms with Gasteiger partial charge in [-0.25, -0.2) is 8.42 Å². The molecular formula is C13H20N2O3S2. The number of nitrogens with two attached hydrogens (primary N) is 1. The lowest BCUT2D eigenvalue weighted by molar-refractivity contribution is 0.149. The summed E-state index contributed by atoms with van der Waals surface area (Å²) in [6.07, 6.45) is 0. The molecule has 1 rings (SSSR count). The molecule has 7 heteroatoms. The van der Waals surface area contributed by atoms with E-state index in [1.807, 2.05) is 0 Å². The van der Waals surface area contributed by atoms with E-state index in [2.05, 4.69) is 0 Å². The molecule has 1 atom stereocenters. The summed E-state index contributed by atoms with van der Waals surface area (Å²) in [6.45, 7) is 3.85. The lowest BCUT2D eigenvalue weighted by atomic mass is 10.1. The number of hydrogen-bond donors (Lipinski definition) is 1. The summed E-state index contributed by atoms with van der Waals surface area (Å²) in [4.78, 5) is 0.501.